The molecule has 0 spiro atoms. The zero-order valence-corrected chi connectivity index (χ0v) is 15.9. The third-order valence-electron chi connectivity index (χ3n) is 3.59. The Kier molecular flexibility index (Phi) is 5.66. The van der Waals surface area contributed by atoms with Crippen LogP contribution in [0.5, 0.6) is 17.2 Å². The van der Waals surface area contributed by atoms with Gasteiger partial charge in [-0.3, -0.25) is 4.72 Å². The van der Waals surface area contributed by atoms with Crippen LogP contribution in [0.4, 0.5) is 5.69 Å². The predicted octanol–water partition coefficient (Wildman–Crippen LogP) is 5.07. The average molecular weight is 383 g/mol. The standard InChI is InChI=1S/C21H21NO4S/c1-16(2)25-19-10-8-17(9-11-19)22-27(23,24)21-14-12-20(13-15-21)26-18-6-4-3-5-7-18/h3-16,22H,1-2H3. The van der Waals surface area contributed by atoms with Crippen molar-refractivity contribution in [1.29, 1.82) is 0 Å². The van der Waals surface area contributed by atoms with Crippen molar-refractivity contribution in [3.8, 4) is 17.2 Å². The number of benzene rings is 3. The van der Waals surface area contributed by atoms with Gasteiger partial charge in [0, 0.05) is 5.69 Å². The van der Waals surface area contributed by atoms with E-state index in [9.17, 15) is 8.42 Å². The lowest BCUT2D eigenvalue weighted by atomic mass is 10.3. The lowest BCUT2D eigenvalue weighted by Crippen LogP contribution is -2.13. The second-order valence-electron chi connectivity index (χ2n) is 6.18. The molecule has 0 aliphatic heterocycles. The Morgan fingerprint density at radius 3 is 1.89 bits per heavy atom. The molecule has 0 saturated carbocycles. The Morgan fingerprint density at radius 2 is 1.30 bits per heavy atom. The third kappa shape index (κ3) is 5.24. The number of hydrogen-bond acceptors (Lipinski definition) is 4. The molecule has 3 aromatic carbocycles. The van der Waals surface area contributed by atoms with Crippen molar-refractivity contribution in [2.75, 3.05) is 4.72 Å². The summed E-state index contributed by atoms with van der Waals surface area (Å²) in [6, 6.07) is 22.4. The fourth-order valence-electron chi connectivity index (χ4n) is 2.40. The third-order valence-corrected chi connectivity index (χ3v) is 4.99. The lowest BCUT2D eigenvalue weighted by molar-refractivity contribution is 0.242. The Labute approximate surface area is 159 Å². The molecule has 0 saturated heterocycles. The molecule has 1 N–H and O–H groups in total. The van der Waals surface area contributed by atoms with Crippen LogP contribution in [0.15, 0.2) is 83.8 Å². The van der Waals surface area contributed by atoms with Crippen molar-refractivity contribution in [3.63, 3.8) is 0 Å². The number of rotatable bonds is 7. The maximum Gasteiger partial charge on any atom is 0.261 e. The first-order valence-electron chi connectivity index (χ1n) is 8.55. The van der Waals surface area contributed by atoms with E-state index in [-0.39, 0.29) is 11.0 Å². The van der Waals surface area contributed by atoms with E-state index in [1.807, 2.05) is 44.2 Å². The molecule has 0 atom stereocenters. The summed E-state index contributed by atoms with van der Waals surface area (Å²) in [6.07, 6.45) is 0.0594. The Hall–Kier alpha value is -2.99. The van der Waals surface area contributed by atoms with Crippen LogP contribution in [0.3, 0.4) is 0 Å². The smallest absolute Gasteiger partial charge is 0.261 e. The van der Waals surface area contributed by atoms with E-state index < -0.39 is 10.0 Å². The Morgan fingerprint density at radius 1 is 0.741 bits per heavy atom. The first-order chi connectivity index (χ1) is 12.9. The Bertz CT molecular complexity index is 967. The average Bonchev–Trinajstić information content (AvgIpc) is 2.64. The van der Waals surface area contributed by atoms with E-state index in [4.69, 9.17) is 9.47 Å². The van der Waals surface area contributed by atoms with Gasteiger partial charge < -0.3 is 9.47 Å². The van der Waals surface area contributed by atoms with Gasteiger partial charge in [0.2, 0.25) is 0 Å². The van der Waals surface area contributed by atoms with Gasteiger partial charge in [-0.1, -0.05) is 18.2 Å². The summed E-state index contributed by atoms with van der Waals surface area (Å²) < 4.78 is 38.9. The highest BCUT2D eigenvalue weighted by Gasteiger charge is 2.14. The monoisotopic (exact) mass is 383 g/mol. The van der Waals surface area contributed by atoms with E-state index >= 15 is 0 Å². The zero-order chi connectivity index (χ0) is 19.3. The fraction of sp³-hybridized carbons (Fsp3) is 0.143. The molecule has 0 unspecified atom stereocenters. The van der Waals surface area contributed by atoms with Crippen LogP contribution >= 0.6 is 0 Å². The highest BCUT2D eigenvalue weighted by molar-refractivity contribution is 7.92. The highest BCUT2D eigenvalue weighted by atomic mass is 32.2. The number of anilines is 1. The quantitative estimate of drug-likeness (QED) is 0.619. The molecule has 0 aliphatic rings. The molecule has 0 radical (unpaired) electrons. The second-order valence-corrected chi connectivity index (χ2v) is 7.87. The summed E-state index contributed by atoms with van der Waals surface area (Å²) in [5.41, 5.74) is 0.468. The number of sulfonamides is 1. The molecule has 0 heterocycles. The molecule has 140 valence electrons. The van der Waals surface area contributed by atoms with Crippen LogP contribution in [0.1, 0.15) is 13.8 Å². The van der Waals surface area contributed by atoms with Crippen molar-refractivity contribution in [3.05, 3.63) is 78.9 Å². The van der Waals surface area contributed by atoms with Crippen LogP contribution in [0.25, 0.3) is 0 Å². The maximum atomic E-state index is 12.6. The summed E-state index contributed by atoms with van der Waals surface area (Å²) in [4.78, 5) is 0.158. The van der Waals surface area contributed by atoms with Gasteiger partial charge in [0.1, 0.15) is 17.2 Å². The summed E-state index contributed by atoms with van der Waals surface area (Å²) in [5.74, 6) is 1.95. The summed E-state index contributed by atoms with van der Waals surface area (Å²) in [6.45, 7) is 3.86. The Balaban J connectivity index is 1.69. The highest BCUT2D eigenvalue weighted by Crippen LogP contribution is 2.24. The SMILES string of the molecule is CC(C)Oc1ccc(NS(=O)(=O)c2ccc(Oc3ccccc3)cc2)cc1. The molecule has 0 aliphatic carbocycles. The molecule has 0 aromatic heterocycles. The molecule has 3 aromatic rings. The van der Waals surface area contributed by atoms with Gasteiger partial charge in [-0.05, 0) is 74.5 Å². The van der Waals surface area contributed by atoms with Crippen molar-refractivity contribution in [2.24, 2.45) is 0 Å². The lowest BCUT2D eigenvalue weighted by Gasteiger charge is -2.12. The maximum absolute atomic E-state index is 12.6. The topological polar surface area (TPSA) is 64.6 Å². The normalized spacial score (nSPS) is 11.2. The minimum atomic E-state index is -3.69. The molecule has 6 heteroatoms. The largest absolute Gasteiger partial charge is 0.491 e. The van der Waals surface area contributed by atoms with Gasteiger partial charge in [0.15, 0.2) is 0 Å². The number of ether oxygens (including phenoxy) is 2. The molecule has 0 bridgehead atoms. The molecule has 0 amide bonds. The van der Waals surface area contributed by atoms with Gasteiger partial charge in [-0.2, -0.15) is 0 Å². The molecule has 3 rings (SSSR count). The number of nitrogens with one attached hydrogen (secondary N) is 1. The minimum Gasteiger partial charge on any atom is -0.491 e. The first kappa shape index (κ1) is 18.8. The van der Waals surface area contributed by atoms with Gasteiger partial charge in [0.25, 0.3) is 10.0 Å². The van der Waals surface area contributed by atoms with Gasteiger partial charge >= 0.3 is 0 Å². The van der Waals surface area contributed by atoms with Crippen LogP contribution in [-0.2, 0) is 10.0 Å². The van der Waals surface area contributed by atoms with Crippen molar-refractivity contribution in [1.82, 2.24) is 0 Å². The zero-order valence-electron chi connectivity index (χ0n) is 15.1. The molecular formula is C21H21NO4S. The van der Waals surface area contributed by atoms with E-state index in [1.54, 1.807) is 36.4 Å². The number of para-hydroxylation sites is 1. The van der Waals surface area contributed by atoms with Crippen LogP contribution in [0, 0.1) is 0 Å². The summed E-state index contributed by atoms with van der Waals surface area (Å²) in [7, 11) is -3.69. The number of hydrogen-bond donors (Lipinski definition) is 1. The van der Waals surface area contributed by atoms with Crippen molar-refractivity contribution in [2.45, 2.75) is 24.8 Å². The summed E-state index contributed by atoms with van der Waals surface area (Å²) >= 11 is 0. The summed E-state index contributed by atoms with van der Waals surface area (Å²) in [5, 5.41) is 0. The van der Waals surface area contributed by atoms with E-state index in [0.717, 1.165) is 0 Å². The van der Waals surface area contributed by atoms with Crippen LogP contribution in [0.2, 0.25) is 0 Å². The van der Waals surface area contributed by atoms with Crippen molar-refractivity contribution >= 4 is 15.7 Å². The van der Waals surface area contributed by atoms with E-state index in [2.05, 4.69) is 4.72 Å². The minimum absolute atomic E-state index is 0.0594. The van der Waals surface area contributed by atoms with Crippen molar-refractivity contribution < 1.29 is 17.9 Å². The van der Waals surface area contributed by atoms with Crippen LogP contribution in [-0.4, -0.2) is 14.5 Å². The van der Waals surface area contributed by atoms with E-state index in [1.165, 1.54) is 12.1 Å². The van der Waals surface area contributed by atoms with Gasteiger partial charge in [0.05, 0.1) is 11.0 Å². The van der Waals surface area contributed by atoms with Gasteiger partial charge in [-0.15, -0.1) is 0 Å². The molecule has 27 heavy (non-hydrogen) atoms. The molecule has 0 fully saturated rings. The first-order valence-corrected chi connectivity index (χ1v) is 10.0. The molecule has 5 nitrogen and oxygen atoms in total. The molecular weight excluding hydrogens is 362 g/mol. The van der Waals surface area contributed by atoms with E-state index in [0.29, 0.717) is 22.9 Å². The van der Waals surface area contributed by atoms with Crippen LogP contribution < -0.4 is 14.2 Å². The second kappa shape index (κ2) is 8.14. The predicted molar refractivity (Wildman–Crippen MR) is 106 cm³/mol. The van der Waals surface area contributed by atoms with Gasteiger partial charge in [-0.25, -0.2) is 8.42 Å². The fourth-order valence-corrected chi connectivity index (χ4v) is 3.46.